The summed E-state index contributed by atoms with van der Waals surface area (Å²) < 4.78 is 28.7. The third-order valence-electron chi connectivity index (χ3n) is 4.80. The normalized spacial score (nSPS) is 26.5. The first-order valence-corrected chi connectivity index (χ1v) is 9.33. The zero-order valence-corrected chi connectivity index (χ0v) is 13.2. The molecule has 0 unspecified atom stereocenters. The molecule has 1 aliphatic carbocycles. The van der Waals surface area contributed by atoms with Gasteiger partial charge in [0, 0.05) is 32.3 Å². The van der Waals surface area contributed by atoms with Crippen molar-refractivity contribution in [3.63, 3.8) is 0 Å². The Morgan fingerprint density at radius 1 is 1.32 bits per heavy atom. The minimum Gasteiger partial charge on any atom is -0.341 e. The summed E-state index contributed by atoms with van der Waals surface area (Å²) in [5.41, 5.74) is 0.909. The van der Waals surface area contributed by atoms with Crippen LogP contribution in [0.1, 0.15) is 37.4 Å². The van der Waals surface area contributed by atoms with Gasteiger partial charge in [-0.1, -0.05) is 0 Å². The lowest BCUT2D eigenvalue weighted by Gasteiger charge is -2.35. The molecule has 0 N–H and O–H groups in total. The number of carbonyl (C=O) groups is 1. The van der Waals surface area contributed by atoms with Crippen molar-refractivity contribution in [2.24, 2.45) is 0 Å². The molecule has 120 valence electrons. The number of nitrogens with zero attached hydrogens (tertiary/aromatic N) is 4. The number of hydrogen-bond acceptors (Lipinski definition) is 4. The molecule has 4 rings (SSSR count). The molecule has 1 aromatic heterocycles. The zero-order valence-electron chi connectivity index (χ0n) is 12.4. The topological polar surface area (TPSA) is 75.5 Å². The maximum absolute atomic E-state index is 12.5. The van der Waals surface area contributed by atoms with Gasteiger partial charge in [-0.15, -0.1) is 0 Å². The number of rotatable bonds is 4. The summed E-state index contributed by atoms with van der Waals surface area (Å²) in [6.07, 6.45) is 6.52. The van der Waals surface area contributed by atoms with Gasteiger partial charge in [0.2, 0.25) is 15.9 Å². The molecule has 3 aliphatic rings. The minimum absolute atomic E-state index is 0.0400. The molecule has 2 fully saturated rings. The number of hydrogen-bond donors (Lipinski definition) is 0. The third-order valence-corrected chi connectivity index (χ3v) is 7.11. The Labute approximate surface area is 130 Å². The Morgan fingerprint density at radius 2 is 2.14 bits per heavy atom. The molecule has 1 amide bonds. The molecule has 1 atom stereocenters. The van der Waals surface area contributed by atoms with Gasteiger partial charge in [-0.05, 0) is 19.3 Å². The molecule has 1 saturated carbocycles. The van der Waals surface area contributed by atoms with Gasteiger partial charge < -0.3 is 9.47 Å². The lowest BCUT2D eigenvalue weighted by molar-refractivity contribution is -0.128. The molecule has 22 heavy (non-hydrogen) atoms. The highest BCUT2D eigenvalue weighted by molar-refractivity contribution is 7.90. The van der Waals surface area contributed by atoms with Crippen LogP contribution >= 0.6 is 0 Å². The first kappa shape index (κ1) is 14.2. The highest BCUT2D eigenvalue weighted by Gasteiger charge is 2.43. The van der Waals surface area contributed by atoms with Gasteiger partial charge in [-0.25, -0.2) is 13.4 Å². The molecule has 0 aromatic carbocycles. The fraction of sp³-hybridized carbons (Fsp3) is 0.714. The number of amides is 1. The van der Waals surface area contributed by atoms with Crippen molar-refractivity contribution in [2.75, 3.05) is 19.6 Å². The summed E-state index contributed by atoms with van der Waals surface area (Å²) in [7, 11) is -3.20. The van der Waals surface area contributed by atoms with Crippen LogP contribution in [0, 0.1) is 0 Å². The molecule has 2 aliphatic heterocycles. The lowest BCUT2D eigenvalue weighted by Crippen LogP contribution is -2.45. The van der Waals surface area contributed by atoms with Crippen molar-refractivity contribution in [2.45, 2.75) is 43.5 Å². The van der Waals surface area contributed by atoms with Crippen LogP contribution in [0.2, 0.25) is 0 Å². The van der Waals surface area contributed by atoms with Gasteiger partial charge in [0.05, 0.1) is 29.9 Å². The molecule has 0 bridgehead atoms. The molecule has 7 nitrogen and oxygen atoms in total. The third kappa shape index (κ3) is 2.34. The van der Waals surface area contributed by atoms with E-state index in [1.165, 1.54) is 0 Å². The molecule has 0 spiro atoms. The average Bonchev–Trinajstić information content (AvgIpc) is 3.13. The highest BCUT2D eigenvalue weighted by Crippen LogP contribution is 2.34. The van der Waals surface area contributed by atoms with Crippen LogP contribution in [0.3, 0.4) is 0 Å². The van der Waals surface area contributed by atoms with Gasteiger partial charge in [0.1, 0.15) is 0 Å². The predicted octanol–water partition coefficient (Wildman–Crippen LogP) is 0.354. The maximum atomic E-state index is 12.5. The molecule has 1 aromatic rings. The SMILES string of the molecule is O=C1CCCN1C[C@H]1CN(S(=O)(=O)C2CC2)Cc2cncn21. The molecule has 3 heterocycles. The van der Waals surface area contributed by atoms with Crippen LogP contribution in [0.4, 0.5) is 0 Å². The molecule has 1 saturated heterocycles. The Kier molecular flexibility index (Phi) is 3.26. The fourth-order valence-corrected chi connectivity index (χ4v) is 5.26. The standard InChI is InChI=1S/C14H20N4O3S/c19-14-2-1-5-16(14)7-12-9-17(22(20,21)13-3-4-13)8-11-6-15-10-18(11)12/h6,10,12-13H,1-5,7-9H2/t12-/m0/s1. The van der Waals surface area contributed by atoms with Crippen LogP contribution in [0.5, 0.6) is 0 Å². The van der Waals surface area contributed by atoms with E-state index in [1.54, 1.807) is 16.8 Å². The lowest BCUT2D eigenvalue weighted by atomic mass is 10.2. The van der Waals surface area contributed by atoms with E-state index in [-0.39, 0.29) is 17.2 Å². The Balaban J connectivity index is 1.59. The summed E-state index contributed by atoms with van der Waals surface area (Å²) in [5.74, 6) is 0.170. The smallest absolute Gasteiger partial charge is 0.222 e. The van der Waals surface area contributed by atoms with Gasteiger partial charge in [0.25, 0.3) is 0 Å². The van der Waals surface area contributed by atoms with Gasteiger partial charge in [0.15, 0.2) is 0 Å². The molecular formula is C14H20N4O3S. The maximum Gasteiger partial charge on any atom is 0.222 e. The van der Waals surface area contributed by atoms with E-state index < -0.39 is 10.0 Å². The number of fused-ring (bicyclic) bond motifs is 1. The minimum atomic E-state index is -3.20. The summed E-state index contributed by atoms with van der Waals surface area (Å²) in [6.45, 7) is 2.17. The van der Waals surface area contributed by atoms with Gasteiger partial charge >= 0.3 is 0 Å². The van der Waals surface area contributed by atoms with Crippen molar-refractivity contribution < 1.29 is 13.2 Å². The van der Waals surface area contributed by atoms with Gasteiger partial charge in [-0.3, -0.25) is 4.79 Å². The number of imidazole rings is 1. The van der Waals surface area contributed by atoms with Crippen molar-refractivity contribution in [3.8, 4) is 0 Å². The summed E-state index contributed by atoms with van der Waals surface area (Å²) in [6, 6.07) is -0.0400. The first-order valence-electron chi connectivity index (χ1n) is 7.83. The molecule has 0 radical (unpaired) electrons. The van der Waals surface area contributed by atoms with E-state index in [0.717, 1.165) is 31.5 Å². The highest BCUT2D eigenvalue weighted by atomic mass is 32.2. The number of aromatic nitrogens is 2. The number of sulfonamides is 1. The Bertz CT molecular complexity index is 695. The zero-order chi connectivity index (χ0) is 15.3. The monoisotopic (exact) mass is 324 g/mol. The van der Waals surface area contributed by atoms with Crippen LogP contribution in [-0.2, 0) is 21.4 Å². The van der Waals surface area contributed by atoms with Crippen LogP contribution < -0.4 is 0 Å². The quantitative estimate of drug-likeness (QED) is 0.801. The predicted molar refractivity (Wildman–Crippen MR) is 79.4 cm³/mol. The van der Waals surface area contributed by atoms with Crippen molar-refractivity contribution in [3.05, 3.63) is 18.2 Å². The van der Waals surface area contributed by atoms with E-state index in [0.29, 0.717) is 26.1 Å². The largest absolute Gasteiger partial charge is 0.341 e. The average molecular weight is 324 g/mol. The van der Waals surface area contributed by atoms with Crippen LogP contribution in [-0.4, -0.2) is 58.0 Å². The van der Waals surface area contributed by atoms with Crippen LogP contribution in [0.25, 0.3) is 0 Å². The second-order valence-electron chi connectivity index (χ2n) is 6.43. The van der Waals surface area contributed by atoms with E-state index in [4.69, 9.17) is 0 Å². The Hall–Kier alpha value is -1.41. The second kappa shape index (κ2) is 5.06. The van der Waals surface area contributed by atoms with E-state index in [1.807, 2.05) is 9.47 Å². The summed E-state index contributed by atoms with van der Waals surface area (Å²) in [4.78, 5) is 17.9. The molecular weight excluding hydrogens is 304 g/mol. The van der Waals surface area contributed by atoms with E-state index in [9.17, 15) is 13.2 Å². The van der Waals surface area contributed by atoms with Crippen LogP contribution in [0.15, 0.2) is 12.5 Å². The first-order chi connectivity index (χ1) is 10.6. The Morgan fingerprint density at radius 3 is 2.82 bits per heavy atom. The fourth-order valence-electron chi connectivity index (χ4n) is 3.42. The summed E-state index contributed by atoms with van der Waals surface area (Å²) >= 11 is 0. The van der Waals surface area contributed by atoms with E-state index >= 15 is 0 Å². The van der Waals surface area contributed by atoms with E-state index in [2.05, 4.69) is 4.98 Å². The van der Waals surface area contributed by atoms with Crippen molar-refractivity contribution >= 4 is 15.9 Å². The van der Waals surface area contributed by atoms with Crippen molar-refractivity contribution in [1.82, 2.24) is 18.8 Å². The molecule has 8 heteroatoms. The second-order valence-corrected chi connectivity index (χ2v) is 8.64. The number of carbonyl (C=O) groups excluding carboxylic acids is 1. The summed E-state index contributed by atoms with van der Waals surface area (Å²) in [5, 5.41) is -0.198. The van der Waals surface area contributed by atoms with Crippen molar-refractivity contribution in [1.29, 1.82) is 0 Å². The number of likely N-dealkylation sites (tertiary alicyclic amines) is 1. The van der Waals surface area contributed by atoms with Gasteiger partial charge in [-0.2, -0.15) is 4.31 Å².